The Morgan fingerprint density at radius 3 is 2.67 bits per heavy atom. The third-order valence-electron chi connectivity index (χ3n) is 7.26. The van der Waals surface area contributed by atoms with Crippen molar-refractivity contribution < 1.29 is 42.4 Å². The number of hydrogen-bond acceptors (Lipinski definition) is 16. The van der Waals surface area contributed by atoms with E-state index in [1.54, 1.807) is 0 Å². The number of rotatable bonds is 7. The van der Waals surface area contributed by atoms with Gasteiger partial charge in [-0.3, -0.25) is 23.4 Å². The van der Waals surface area contributed by atoms with E-state index in [1.165, 1.54) is 10.9 Å². The second-order valence-electron chi connectivity index (χ2n) is 9.73. The number of imidazole rings is 1. The Hall–Kier alpha value is -3.34. The van der Waals surface area contributed by atoms with Crippen LogP contribution in [0.5, 0.6) is 0 Å². The van der Waals surface area contributed by atoms with Crippen molar-refractivity contribution in [1.82, 2.24) is 44.5 Å². The van der Waals surface area contributed by atoms with Gasteiger partial charge in [-0.1, -0.05) is 5.21 Å². The molecule has 2 aliphatic heterocycles. The van der Waals surface area contributed by atoms with Gasteiger partial charge in [-0.05, 0) is 11.8 Å². The normalized spacial score (nSPS) is 35.5. The number of hydrogen-bond donors (Lipinski definition) is 6. The molecule has 2 saturated heterocycles. The quantitative estimate of drug-likeness (QED) is 0.117. The van der Waals surface area contributed by atoms with Gasteiger partial charge in [0.15, 0.2) is 53.0 Å². The van der Waals surface area contributed by atoms with Crippen molar-refractivity contribution >= 4 is 52.6 Å². The number of halogens is 2. The molecule has 3 fully saturated rings. The molecule has 10 atom stereocenters. The molecule has 0 amide bonds. The summed E-state index contributed by atoms with van der Waals surface area (Å²) in [6, 6.07) is 0. The Morgan fingerprint density at radius 1 is 1.17 bits per heavy atom. The number of nitrogens with zero attached hydrogens (tertiary/aromatic N) is 8. The van der Waals surface area contributed by atoms with E-state index in [4.69, 9.17) is 41.8 Å². The molecule has 23 heteroatoms. The van der Waals surface area contributed by atoms with Crippen LogP contribution in [0.15, 0.2) is 17.4 Å². The fourth-order valence-corrected chi connectivity index (χ4v) is 6.90. The van der Waals surface area contributed by atoms with E-state index >= 15 is 8.78 Å². The van der Waals surface area contributed by atoms with E-state index in [9.17, 15) is 19.9 Å². The number of anilines is 2. The molecule has 42 heavy (non-hydrogen) atoms. The molecule has 4 aromatic heterocycles. The van der Waals surface area contributed by atoms with Crippen LogP contribution in [0.2, 0.25) is 0 Å². The van der Waals surface area contributed by atoms with Crippen LogP contribution < -0.4 is 17.0 Å². The summed E-state index contributed by atoms with van der Waals surface area (Å²) >= 11 is 5.06. The third kappa shape index (κ3) is 3.95. The van der Waals surface area contributed by atoms with Gasteiger partial charge in [-0.15, -0.1) is 5.10 Å². The molecule has 0 aromatic carbocycles. The van der Waals surface area contributed by atoms with Crippen LogP contribution in [0.3, 0.4) is 0 Å². The van der Waals surface area contributed by atoms with Gasteiger partial charge in [0.25, 0.3) is 5.56 Å². The zero-order valence-corrected chi connectivity index (χ0v) is 22.4. The van der Waals surface area contributed by atoms with Gasteiger partial charge in [0.05, 0.1) is 12.9 Å². The number of nitrogens with two attached hydrogens (primary N) is 2. The number of nitrogens with one attached hydrogen (secondary N) is 1. The number of H-pyrrole nitrogens is 1. The number of ether oxygens (including phenoxy) is 2. The van der Waals surface area contributed by atoms with Crippen molar-refractivity contribution in [3.05, 3.63) is 23.0 Å². The van der Waals surface area contributed by atoms with Crippen LogP contribution in [0, 0.1) is 0 Å². The van der Waals surface area contributed by atoms with Gasteiger partial charge in [-0.2, -0.15) is 9.67 Å². The minimum atomic E-state index is -4.48. The maximum Gasteiger partial charge on any atom is 0.325 e. The molecule has 0 bridgehead atoms. The van der Waals surface area contributed by atoms with Crippen molar-refractivity contribution in [1.29, 1.82) is 0 Å². The Labute approximate surface area is 235 Å². The fraction of sp³-hybridized carbons (Fsp3) is 0.526. The summed E-state index contributed by atoms with van der Waals surface area (Å²) < 4.78 is 55.0. The minimum Gasteiger partial charge on any atom is -0.394 e. The van der Waals surface area contributed by atoms with Crippen molar-refractivity contribution in [2.45, 2.75) is 54.8 Å². The number of aromatic amines is 1. The summed E-state index contributed by atoms with van der Waals surface area (Å²) in [6.45, 7) is -5.29. The molecule has 3 aliphatic rings. The summed E-state index contributed by atoms with van der Waals surface area (Å²) in [5.41, 5.74) is 8.26. The number of nitrogen functional groups attached to an aromatic ring is 2. The van der Waals surface area contributed by atoms with Crippen LogP contribution in [0.25, 0.3) is 22.3 Å². The highest BCUT2D eigenvalue weighted by Gasteiger charge is 2.80. The van der Waals surface area contributed by atoms with E-state index in [0.29, 0.717) is 0 Å². The molecule has 0 radical (unpaired) electrons. The van der Waals surface area contributed by atoms with Crippen LogP contribution in [0.1, 0.15) is 12.5 Å². The summed E-state index contributed by atoms with van der Waals surface area (Å²) in [5.74, 6) is -0.242. The molecule has 6 heterocycles. The largest absolute Gasteiger partial charge is 0.394 e. The Bertz CT molecular complexity index is 1830. The highest BCUT2D eigenvalue weighted by molar-refractivity contribution is 8.07. The maximum absolute atomic E-state index is 15.6. The molecular weight excluding hydrogens is 611 g/mol. The van der Waals surface area contributed by atoms with Gasteiger partial charge in [0, 0.05) is 0 Å². The standard InChI is InChI=1S/C19H20F2N11O8PS/c20-5-4(1-33)37-16(32-14-7(29-30-32)15(34)28-18(23)27-14)8(5)39-41(36,42)40-11-10-19(11,35)9(21)17(38-10)31-3-26-6-12(22)24-2-25-13(6)31/h2-5,8-11,16-17,33,35H,1H2,(H,36,42)(H2,22,24,25)(H3,23,27,28,34)/t4-,5+,8-,9-,10-,11?,16-,17-,19+,41?/m1/s1. The van der Waals surface area contributed by atoms with E-state index in [0.717, 1.165) is 11.0 Å². The molecule has 2 unspecified atom stereocenters. The topological polar surface area (TPSA) is 270 Å². The van der Waals surface area contributed by atoms with E-state index in [-0.39, 0.29) is 34.1 Å². The third-order valence-corrected chi connectivity index (χ3v) is 8.78. The molecule has 224 valence electrons. The van der Waals surface area contributed by atoms with Gasteiger partial charge in [0.1, 0.15) is 36.3 Å². The first-order valence-corrected chi connectivity index (χ1v) is 14.7. The number of aromatic nitrogens is 9. The molecular formula is C19H20F2N11O8PS. The number of alkyl halides is 2. The SMILES string of the molecule is Nc1nc2c(nnn2[C@@H]2O[C@H](CO)[C@H](F)[C@H]2OP(O)(=S)OC2[C@H]3O[C@@H](n4cnc5c(N)ncnc54)[C@@H](F)[C@@]23O)c(=O)[nH]1. The smallest absolute Gasteiger partial charge is 0.325 e. The summed E-state index contributed by atoms with van der Waals surface area (Å²) in [7, 11) is 0. The van der Waals surface area contributed by atoms with Gasteiger partial charge < -0.3 is 36.0 Å². The Balaban J connectivity index is 1.11. The maximum atomic E-state index is 15.6. The predicted molar refractivity (Wildman–Crippen MR) is 136 cm³/mol. The zero-order valence-electron chi connectivity index (χ0n) is 20.7. The second-order valence-corrected chi connectivity index (χ2v) is 12.5. The number of fused-ring (bicyclic) bond motifs is 3. The summed E-state index contributed by atoms with van der Waals surface area (Å²) in [4.78, 5) is 41.1. The van der Waals surface area contributed by atoms with Crippen molar-refractivity contribution in [3.8, 4) is 0 Å². The first-order chi connectivity index (χ1) is 19.9. The van der Waals surface area contributed by atoms with Crippen molar-refractivity contribution in [3.63, 3.8) is 0 Å². The summed E-state index contributed by atoms with van der Waals surface area (Å²) in [6.07, 6.45) is -10.8. The van der Waals surface area contributed by atoms with Crippen LogP contribution >= 0.6 is 6.72 Å². The lowest BCUT2D eigenvalue weighted by Gasteiger charge is -2.27. The molecule has 0 spiro atoms. The zero-order chi connectivity index (χ0) is 29.7. The molecule has 19 nitrogen and oxygen atoms in total. The summed E-state index contributed by atoms with van der Waals surface area (Å²) in [5, 5.41) is 28.0. The van der Waals surface area contributed by atoms with E-state index in [2.05, 4.69) is 35.2 Å². The van der Waals surface area contributed by atoms with Crippen LogP contribution in [-0.4, -0.2) is 109 Å². The van der Waals surface area contributed by atoms with E-state index < -0.39 is 73.7 Å². The first-order valence-electron chi connectivity index (χ1n) is 12.1. The molecule has 1 saturated carbocycles. The second kappa shape index (κ2) is 9.33. The molecule has 1 aliphatic carbocycles. The molecule has 4 aromatic rings. The lowest BCUT2D eigenvalue weighted by Crippen LogP contribution is -2.35. The Kier molecular flexibility index (Phi) is 6.11. The predicted octanol–water partition coefficient (Wildman–Crippen LogP) is -2.29. The average molecular weight is 631 g/mol. The van der Waals surface area contributed by atoms with Gasteiger partial charge in [-0.25, -0.2) is 23.7 Å². The minimum absolute atomic E-state index is 0.0593. The molecule has 7 rings (SSSR count). The van der Waals surface area contributed by atoms with E-state index in [1.807, 2.05) is 0 Å². The lowest BCUT2D eigenvalue weighted by molar-refractivity contribution is -0.0670. The van der Waals surface area contributed by atoms with Gasteiger partial charge in [0.2, 0.25) is 5.95 Å². The number of aliphatic hydroxyl groups is 2. The number of aliphatic hydroxyl groups excluding tert-OH is 1. The van der Waals surface area contributed by atoms with Crippen molar-refractivity contribution in [2.24, 2.45) is 0 Å². The van der Waals surface area contributed by atoms with Crippen LogP contribution in [0.4, 0.5) is 20.5 Å². The first kappa shape index (κ1) is 27.5. The van der Waals surface area contributed by atoms with Crippen molar-refractivity contribution in [2.75, 3.05) is 18.1 Å². The monoisotopic (exact) mass is 631 g/mol. The fourth-order valence-electron chi connectivity index (χ4n) is 5.18. The molecule has 8 N–H and O–H groups in total. The Morgan fingerprint density at radius 2 is 1.95 bits per heavy atom. The van der Waals surface area contributed by atoms with Gasteiger partial charge >= 0.3 is 6.72 Å². The van der Waals surface area contributed by atoms with Crippen LogP contribution in [-0.2, 0) is 30.3 Å². The highest BCUT2D eigenvalue weighted by atomic mass is 32.5. The lowest BCUT2D eigenvalue weighted by atomic mass is 10.1. The average Bonchev–Trinajstić information content (AvgIpc) is 3.45. The highest BCUT2D eigenvalue weighted by Crippen LogP contribution is 2.63.